The zero-order valence-electron chi connectivity index (χ0n) is 13.6. The lowest BCUT2D eigenvalue weighted by molar-refractivity contribution is 0.0571. The number of aliphatic imine (C=N–C) groups is 1. The monoisotopic (exact) mass is 297 g/mol. The normalized spacial score (nSPS) is 25.6. The van der Waals surface area contributed by atoms with E-state index in [0.717, 1.165) is 70.9 Å². The molecule has 21 heavy (non-hydrogen) atoms. The van der Waals surface area contributed by atoms with E-state index >= 15 is 0 Å². The molecule has 1 unspecified atom stereocenters. The van der Waals surface area contributed by atoms with Crippen molar-refractivity contribution in [3.05, 3.63) is 0 Å². The van der Waals surface area contributed by atoms with Crippen LogP contribution in [0.25, 0.3) is 0 Å². The van der Waals surface area contributed by atoms with Gasteiger partial charge in [-0.3, -0.25) is 4.99 Å². The van der Waals surface area contributed by atoms with Gasteiger partial charge >= 0.3 is 0 Å². The Morgan fingerprint density at radius 2 is 2.14 bits per heavy atom. The third kappa shape index (κ3) is 4.85. The van der Waals surface area contributed by atoms with Gasteiger partial charge in [-0.15, -0.1) is 0 Å². The molecule has 0 radical (unpaired) electrons. The molecule has 1 saturated heterocycles. The molecule has 1 atom stereocenters. The van der Waals surface area contributed by atoms with Crippen molar-refractivity contribution in [2.75, 3.05) is 39.4 Å². The molecule has 0 aromatic carbocycles. The van der Waals surface area contributed by atoms with Crippen molar-refractivity contribution < 1.29 is 9.84 Å². The average Bonchev–Trinajstić information content (AvgIpc) is 3.11. The summed E-state index contributed by atoms with van der Waals surface area (Å²) in [6.07, 6.45) is 5.20. The van der Waals surface area contributed by atoms with Gasteiger partial charge in [-0.25, -0.2) is 0 Å². The molecule has 0 aromatic heterocycles. The van der Waals surface area contributed by atoms with Crippen molar-refractivity contribution in [2.24, 2.45) is 10.9 Å². The van der Waals surface area contributed by atoms with Gasteiger partial charge in [0.25, 0.3) is 0 Å². The molecule has 2 fully saturated rings. The highest BCUT2D eigenvalue weighted by molar-refractivity contribution is 5.80. The molecule has 0 amide bonds. The van der Waals surface area contributed by atoms with Crippen LogP contribution in [0.1, 0.15) is 46.0 Å². The number of nitrogens with one attached hydrogen (secondary N) is 1. The van der Waals surface area contributed by atoms with Gasteiger partial charge in [0, 0.05) is 32.2 Å². The Bertz CT molecular complexity index is 340. The first kappa shape index (κ1) is 16.6. The van der Waals surface area contributed by atoms with Crippen LogP contribution in [0.2, 0.25) is 0 Å². The van der Waals surface area contributed by atoms with E-state index in [4.69, 9.17) is 9.73 Å². The zero-order chi connectivity index (χ0) is 15.1. The third-order valence-electron chi connectivity index (χ3n) is 4.54. The van der Waals surface area contributed by atoms with Crippen LogP contribution < -0.4 is 5.32 Å². The van der Waals surface area contributed by atoms with Gasteiger partial charge in [0.05, 0.1) is 18.8 Å². The highest BCUT2D eigenvalue weighted by Crippen LogP contribution is 2.29. The molecule has 5 heteroatoms. The summed E-state index contributed by atoms with van der Waals surface area (Å²) in [7, 11) is 0. The fourth-order valence-corrected chi connectivity index (χ4v) is 3.28. The summed E-state index contributed by atoms with van der Waals surface area (Å²) in [6.45, 7) is 9.19. The molecule has 2 aliphatic rings. The van der Waals surface area contributed by atoms with E-state index in [2.05, 4.69) is 17.1 Å². The van der Waals surface area contributed by atoms with E-state index in [-0.39, 0.29) is 0 Å². The number of hydrogen-bond acceptors (Lipinski definition) is 3. The minimum Gasteiger partial charge on any atom is -0.388 e. The second-order valence-electron chi connectivity index (χ2n) is 6.36. The van der Waals surface area contributed by atoms with Crippen molar-refractivity contribution in [2.45, 2.75) is 51.6 Å². The molecule has 2 rings (SSSR count). The fraction of sp³-hybridized carbons (Fsp3) is 0.938. The maximum Gasteiger partial charge on any atom is 0.194 e. The van der Waals surface area contributed by atoms with Gasteiger partial charge in [-0.05, 0) is 33.1 Å². The third-order valence-corrected chi connectivity index (χ3v) is 4.54. The molecule has 1 aliphatic heterocycles. The van der Waals surface area contributed by atoms with Gasteiger partial charge in [0.1, 0.15) is 0 Å². The van der Waals surface area contributed by atoms with Crippen molar-refractivity contribution in [1.29, 1.82) is 0 Å². The molecular formula is C16H31N3O2. The number of nitrogens with zero attached hydrogens (tertiary/aromatic N) is 2. The van der Waals surface area contributed by atoms with Crippen molar-refractivity contribution in [3.63, 3.8) is 0 Å². The number of aliphatic hydroxyl groups is 1. The number of rotatable bonds is 6. The van der Waals surface area contributed by atoms with E-state index in [1.165, 1.54) is 0 Å². The van der Waals surface area contributed by atoms with Crippen LogP contribution >= 0.6 is 0 Å². The van der Waals surface area contributed by atoms with Crippen LogP contribution in [0.4, 0.5) is 0 Å². The van der Waals surface area contributed by atoms with Gasteiger partial charge in [0.2, 0.25) is 0 Å². The molecule has 1 aliphatic carbocycles. The molecule has 2 N–H and O–H groups in total. The highest BCUT2D eigenvalue weighted by Gasteiger charge is 2.31. The lowest BCUT2D eigenvalue weighted by atomic mass is 10.0. The maximum atomic E-state index is 10.4. The van der Waals surface area contributed by atoms with E-state index in [1.54, 1.807) is 0 Å². The van der Waals surface area contributed by atoms with Crippen molar-refractivity contribution in [3.8, 4) is 0 Å². The van der Waals surface area contributed by atoms with E-state index in [1.807, 2.05) is 6.92 Å². The van der Waals surface area contributed by atoms with Crippen LogP contribution in [0.15, 0.2) is 4.99 Å². The summed E-state index contributed by atoms with van der Waals surface area (Å²) in [6, 6.07) is 0. The van der Waals surface area contributed by atoms with Crippen LogP contribution in [-0.4, -0.2) is 61.0 Å². The van der Waals surface area contributed by atoms with Gasteiger partial charge < -0.3 is 20.1 Å². The number of hydrogen-bond donors (Lipinski definition) is 2. The van der Waals surface area contributed by atoms with Gasteiger partial charge in [-0.1, -0.05) is 12.8 Å². The summed E-state index contributed by atoms with van der Waals surface area (Å²) < 4.78 is 5.54. The highest BCUT2D eigenvalue weighted by atomic mass is 16.5. The zero-order valence-corrected chi connectivity index (χ0v) is 13.6. The quantitative estimate of drug-likeness (QED) is 0.578. The Hall–Kier alpha value is -0.810. The Kier molecular flexibility index (Phi) is 6.30. The van der Waals surface area contributed by atoms with Crippen LogP contribution in [0.3, 0.4) is 0 Å². The molecule has 122 valence electrons. The molecular weight excluding hydrogens is 266 g/mol. The van der Waals surface area contributed by atoms with Gasteiger partial charge in [0.15, 0.2) is 5.96 Å². The molecule has 0 bridgehead atoms. The Morgan fingerprint density at radius 3 is 2.81 bits per heavy atom. The number of ether oxygens (including phenoxy) is 1. The van der Waals surface area contributed by atoms with Crippen LogP contribution in [0, 0.1) is 5.92 Å². The SMILES string of the molecule is CCNC(=NCC1(O)CCCC1)N1CCC(COCC)C1. The number of guanidine groups is 1. The van der Waals surface area contributed by atoms with E-state index in [9.17, 15) is 5.11 Å². The second-order valence-corrected chi connectivity index (χ2v) is 6.36. The minimum absolute atomic E-state index is 0.530. The lowest BCUT2D eigenvalue weighted by Gasteiger charge is -2.24. The summed E-state index contributed by atoms with van der Waals surface area (Å²) in [4.78, 5) is 7.02. The predicted octanol–water partition coefficient (Wildman–Crippen LogP) is 1.62. The molecule has 0 aromatic rings. The molecule has 1 saturated carbocycles. The Labute approximate surface area is 128 Å². The Balaban J connectivity index is 1.89. The fourth-order valence-electron chi connectivity index (χ4n) is 3.28. The topological polar surface area (TPSA) is 57.1 Å². The predicted molar refractivity (Wildman–Crippen MR) is 85.6 cm³/mol. The van der Waals surface area contributed by atoms with Crippen LogP contribution in [-0.2, 0) is 4.74 Å². The first-order chi connectivity index (χ1) is 10.2. The lowest BCUT2D eigenvalue weighted by Crippen LogP contribution is -2.41. The summed E-state index contributed by atoms with van der Waals surface area (Å²) >= 11 is 0. The van der Waals surface area contributed by atoms with Crippen molar-refractivity contribution >= 4 is 5.96 Å². The summed E-state index contributed by atoms with van der Waals surface area (Å²) in [5.74, 6) is 1.56. The largest absolute Gasteiger partial charge is 0.388 e. The van der Waals surface area contributed by atoms with Crippen LogP contribution in [0.5, 0.6) is 0 Å². The van der Waals surface area contributed by atoms with Crippen molar-refractivity contribution in [1.82, 2.24) is 10.2 Å². The first-order valence-electron chi connectivity index (χ1n) is 8.50. The standard InChI is InChI=1S/C16H31N3O2/c1-3-17-15(18-13-16(20)8-5-6-9-16)19-10-7-14(11-19)12-21-4-2/h14,20H,3-13H2,1-2H3,(H,17,18). The van der Waals surface area contributed by atoms with E-state index < -0.39 is 5.60 Å². The maximum absolute atomic E-state index is 10.4. The molecule has 1 heterocycles. The smallest absolute Gasteiger partial charge is 0.194 e. The molecule has 5 nitrogen and oxygen atoms in total. The average molecular weight is 297 g/mol. The number of likely N-dealkylation sites (tertiary alicyclic amines) is 1. The summed E-state index contributed by atoms with van der Waals surface area (Å²) in [5.41, 5.74) is -0.564. The Morgan fingerprint density at radius 1 is 1.38 bits per heavy atom. The second kappa shape index (κ2) is 7.99. The minimum atomic E-state index is -0.564. The first-order valence-corrected chi connectivity index (χ1v) is 8.50. The van der Waals surface area contributed by atoms with E-state index in [0.29, 0.717) is 12.5 Å². The van der Waals surface area contributed by atoms with Gasteiger partial charge in [-0.2, -0.15) is 0 Å². The molecule has 0 spiro atoms. The summed E-state index contributed by atoms with van der Waals surface area (Å²) in [5, 5.41) is 13.8.